The first-order valence-corrected chi connectivity index (χ1v) is 9.87. The van der Waals surface area contributed by atoms with Crippen LogP contribution in [0.5, 0.6) is 0 Å². The lowest BCUT2D eigenvalue weighted by Gasteiger charge is -2.16. The van der Waals surface area contributed by atoms with Crippen LogP contribution in [0, 0.1) is 11.8 Å². The van der Waals surface area contributed by atoms with Crippen molar-refractivity contribution in [2.24, 2.45) is 11.8 Å². The Morgan fingerprint density at radius 3 is 2.70 bits per heavy atom. The average Bonchev–Trinajstić information content (AvgIpc) is 2.93. The molecule has 9 heteroatoms. The predicted octanol–water partition coefficient (Wildman–Crippen LogP) is 3.05. The first kappa shape index (κ1) is 16.4. The number of carboxylic acid groups (broad SMARTS) is 1. The lowest BCUT2D eigenvalue weighted by Crippen LogP contribution is -2.33. The highest BCUT2D eigenvalue weighted by atomic mass is 79.9. The Bertz CT molecular complexity index is 614. The van der Waals surface area contributed by atoms with Crippen molar-refractivity contribution in [3.05, 3.63) is 13.6 Å². The molecule has 0 aromatic carbocycles. The van der Waals surface area contributed by atoms with Gasteiger partial charge in [0.1, 0.15) is 4.90 Å². The number of halogens is 2. The summed E-state index contributed by atoms with van der Waals surface area (Å²) in [4.78, 5) is 11.3. The van der Waals surface area contributed by atoms with Crippen molar-refractivity contribution in [1.29, 1.82) is 0 Å². The minimum atomic E-state index is -3.62. The van der Waals surface area contributed by atoms with Gasteiger partial charge in [-0.3, -0.25) is 4.79 Å². The molecule has 1 aliphatic rings. The van der Waals surface area contributed by atoms with Crippen molar-refractivity contribution < 1.29 is 18.3 Å². The lowest BCUT2D eigenvalue weighted by molar-refractivity contribution is -0.142. The van der Waals surface area contributed by atoms with Crippen molar-refractivity contribution in [3.8, 4) is 0 Å². The molecule has 2 rings (SSSR count). The molecule has 0 bridgehead atoms. The number of hydrogen-bond donors (Lipinski definition) is 2. The summed E-state index contributed by atoms with van der Waals surface area (Å²) in [5, 5.41) is 9.09. The van der Waals surface area contributed by atoms with E-state index >= 15 is 0 Å². The minimum absolute atomic E-state index is 0.136. The Labute approximate surface area is 138 Å². The molecule has 0 amide bonds. The molecule has 20 heavy (non-hydrogen) atoms. The predicted molar refractivity (Wildman–Crippen MR) is 83.4 cm³/mol. The van der Waals surface area contributed by atoms with Crippen LogP contribution in [0.1, 0.15) is 19.3 Å². The van der Waals surface area contributed by atoms with Crippen molar-refractivity contribution in [2.75, 3.05) is 6.54 Å². The van der Waals surface area contributed by atoms with Gasteiger partial charge in [-0.1, -0.05) is 6.42 Å². The van der Waals surface area contributed by atoms with E-state index in [2.05, 4.69) is 36.6 Å². The molecule has 1 aromatic heterocycles. The van der Waals surface area contributed by atoms with E-state index in [1.807, 2.05) is 0 Å². The maximum Gasteiger partial charge on any atom is 0.306 e. The summed E-state index contributed by atoms with van der Waals surface area (Å²) < 4.78 is 28.2. The number of thiophene rings is 1. The van der Waals surface area contributed by atoms with Crippen LogP contribution >= 0.6 is 43.2 Å². The van der Waals surface area contributed by atoms with E-state index in [-0.39, 0.29) is 17.4 Å². The largest absolute Gasteiger partial charge is 0.481 e. The Kier molecular flexibility index (Phi) is 5.28. The topological polar surface area (TPSA) is 83.5 Å². The first-order chi connectivity index (χ1) is 9.31. The first-order valence-electron chi connectivity index (χ1n) is 5.98. The third-order valence-corrected chi connectivity index (χ3v) is 7.61. The third-order valence-electron chi connectivity index (χ3n) is 3.43. The summed E-state index contributed by atoms with van der Waals surface area (Å²) in [7, 11) is -3.62. The summed E-state index contributed by atoms with van der Waals surface area (Å²) in [5.74, 6) is -1.43. The quantitative estimate of drug-likeness (QED) is 0.727. The van der Waals surface area contributed by atoms with Crippen LogP contribution in [0.4, 0.5) is 0 Å². The molecule has 1 aromatic rings. The van der Waals surface area contributed by atoms with E-state index < -0.39 is 21.9 Å². The van der Waals surface area contributed by atoms with Gasteiger partial charge < -0.3 is 5.11 Å². The van der Waals surface area contributed by atoms with Crippen LogP contribution in [-0.4, -0.2) is 26.0 Å². The number of sulfonamides is 1. The zero-order chi connectivity index (χ0) is 14.9. The second kappa shape index (κ2) is 6.43. The normalized spacial score (nSPS) is 23.1. The van der Waals surface area contributed by atoms with Gasteiger partial charge in [0.05, 0.1) is 13.5 Å². The fourth-order valence-corrected chi connectivity index (χ4v) is 7.31. The SMILES string of the molecule is O=C(O)C1CCCC1CNS(=O)(=O)c1cc(Br)sc1Br. The number of hydrogen-bond acceptors (Lipinski definition) is 4. The van der Waals surface area contributed by atoms with E-state index in [4.69, 9.17) is 5.11 Å². The third kappa shape index (κ3) is 3.62. The van der Waals surface area contributed by atoms with Gasteiger partial charge in [-0.25, -0.2) is 13.1 Å². The number of rotatable bonds is 5. The van der Waals surface area contributed by atoms with Gasteiger partial charge in [-0.15, -0.1) is 11.3 Å². The summed E-state index contributed by atoms with van der Waals surface area (Å²) >= 11 is 7.74. The Morgan fingerprint density at radius 2 is 2.15 bits per heavy atom. The van der Waals surface area contributed by atoms with Crippen molar-refractivity contribution in [2.45, 2.75) is 24.2 Å². The molecule has 2 N–H and O–H groups in total. The zero-order valence-corrected chi connectivity index (χ0v) is 15.1. The zero-order valence-electron chi connectivity index (χ0n) is 10.3. The highest BCUT2D eigenvalue weighted by Gasteiger charge is 2.34. The smallest absolute Gasteiger partial charge is 0.306 e. The Hall–Kier alpha value is 0.0400. The van der Waals surface area contributed by atoms with Crippen LogP contribution < -0.4 is 4.72 Å². The van der Waals surface area contributed by atoms with Gasteiger partial charge in [-0.2, -0.15) is 0 Å². The summed E-state index contributed by atoms with van der Waals surface area (Å²) in [6.07, 6.45) is 2.19. The molecule has 2 unspecified atom stereocenters. The van der Waals surface area contributed by atoms with Crippen molar-refractivity contribution >= 4 is 59.2 Å². The maximum absolute atomic E-state index is 12.2. The van der Waals surface area contributed by atoms with Crippen LogP contribution in [0.2, 0.25) is 0 Å². The fraction of sp³-hybridized carbons (Fsp3) is 0.545. The number of carbonyl (C=O) groups is 1. The van der Waals surface area contributed by atoms with Crippen molar-refractivity contribution in [3.63, 3.8) is 0 Å². The number of aliphatic carboxylic acids is 1. The van der Waals surface area contributed by atoms with Crippen LogP contribution in [0.3, 0.4) is 0 Å². The molecule has 5 nitrogen and oxygen atoms in total. The molecule has 0 aliphatic heterocycles. The lowest BCUT2D eigenvalue weighted by atomic mass is 9.97. The van der Waals surface area contributed by atoms with E-state index in [0.29, 0.717) is 14.0 Å². The van der Waals surface area contributed by atoms with Gasteiger partial charge in [0.2, 0.25) is 10.0 Å². The molecule has 1 heterocycles. The summed E-state index contributed by atoms with van der Waals surface area (Å²) in [6, 6.07) is 1.53. The molecule has 0 saturated heterocycles. The number of nitrogens with one attached hydrogen (secondary N) is 1. The summed E-state index contributed by atoms with van der Waals surface area (Å²) in [6.45, 7) is 0.166. The fourth-order valence-electron chi connectivity index (χ4n) is 2.41. The molecule has 1 saturated carbocycles. The summed E-state index contributed by atoms with van der Waals surface area (Å²) in [5.41, 5.74) is 0. The number of carboxylic acids is 1. The second-order valence-electron chi connectivity index (χ2n) is 4.68. The average molecular weight is 447 g/mol. The molecule has 0 radical (unpaired) electrons. The van der Waals surface area contributed by atoms with Gasteiger partial charge in [-0.05, 0) is 56.7 Å². The van der Waals surface area contributed by atoms with Crippen LogP contribution in [0.25, 0.3) is 0 Å². The Balaban J connectivity index is 2.06. The molecule has 1 fully saturated rings. The molecular formula is C11H13Br2NO4S2. The standard InChI is InChI=1S/C11H13Br2NO4S2/c12-9-4-8(10(13)19-9)20(17,18)14-5-6-2-1-3-7(6)11(15)16/h4,6-7,14H,1-3,5H2,(H,15,16). The van der Waals surface area contributed by atoms with Crippen LogP contribution in [-0.2, 0) is 14.8 Å². The minimum Gasteiger partial charge on any atom is -0.481 e. The molecule has 0 spiro atoms. The highest BCUT2D eigenvalue weighted by Crippen LogP contribution is 2.35. The van der Waals surface area contributed by atoms with Crippen LogP contribution in [0.15, 0.2) is 18.5 Å². The van der Waals surface area contributed by atoms with E-state index in [1.165, 1.54) is 17.4 Å². The Morgan fingerprint density at radius 1 is 1.45 bits per heavy atom. The van der Waals surface area contributed by atoms with Crippen molar-refractivity contribution in [1.82, 2.24) is 4.72 Å². The maximum atomic E-state index is 12.2. The monoisotopic (exact) mass is 445 g/mol. The van der Waals surface area contributed by atoms with Gasteiger partial charge in [0.25, 0.3) is 0 Å². The van der Waals surface area contributed by atoms with E-state index in [9.17, 15) is 13.2 Å². The van der Waals surface area contributed by atoms with Gasteiger partial charge in [0, 0.05) is 6.54 Å². The highest BCUT2D eigenvalue weighted by molar-refractivity contribution is 9.12. The van der Waals surface area contributed by atoms with E-state index in [0.717, 1.165) is 12.8 Å². The van der Waals surface area contributed by atoms with Gasteiger partial charge in [0.15, 0.2) is 0 Å². The molecule has 2 atom stereocenters. The molecular weight excluding hydrogens is 434 g/mol. The second-order valence-corrected chi connectivity index (χ2v) is 10.2. The molecule has 112 valence electrons. The van der Waals surface area contributed by atoms with E-state index in [1.54, 1.807) is 0 Å². The molecule has 1 aliphatic carbocycles. The van der Waals surface area contributed by atoms with Gasteiger partial charge >= 0.3 is 5.97 Å².